The lowest BCUT2D eigenvalue weighted by atomic mass is 9.96. The zero-order valence-corrected chi connectivity index (χ0v) is 13.5. The van der Waals surface area contributed by atoms with Crippen molar-refractivity contribution in [1.82, 2.24) is 9.88 Å². The van der Waals surface area contributed by atoms with Crippen molar-refractivity contribution in [2.75, 3.05) is 6.54 Å². The zero-order chi connectivity index (χ0) is 14.3. The summed E-state index contributed by atoms with van der Waals surface area (Å²) in [6.07, 6.45) is 4.49. The number of nitrogens with zero attached hydrogens (tertiary/aromatic N) is 2. The lowest BCUT2D eigenvalue weighted by molar-refractivity contribution is -0.137. The molecule has 1 fully saturated rings. The van der Waals surface area contributed by atoms with Crippen molar-refractivity contribution >= 4 is 18.3 Å². The number of amides is 1. The summed E-state index contributed by atoms with van der Waals surface area (Å²) in [4.78, 5) is 19.0. The molecule has 1 amide bonds. The molecule has 1 aliphatic heterocycles. The maximum absolute atomic E-state index is 12.6. The number of carbonyl (C=O) groups excluding carboxylic acids is 1. The van der Waals surface area contributed by atoms with Crippen molar-refractivity contribution in [3.05, 3.63) is 17.3 Å². The van der Waals surface area contributed by atoms with Crippen LogP contribution in [-0.4, -0.2) is 27.9 Å². The van der Waals surface area contributed by atoms with Gasteiger partial charge in [0.25, 0.3) is 0 Å². The van der Waals surface area contributed by atoms with Gasteiger partial charge in [-0.3, -0.25) is 4.79 Å². The van der Waals surface area contributed by atoms with Crippen molar-refractivity contribution in [3.8, 4) is 0 Å². The van der Waals surface area contributed by atoms with Crippen molar-refractivity contribution in [2.45, 2.75) is 64.0 Å². The monoisotopic (exact) mass is 313 g/mol. The highest BCUT2D eigenvalue weighted by Crippen LogP contribution is 2.31. The van der Waals surface area contributed by atoms with Gasteiger partial charge in [-0.1, -0.05) is 26.7 Å². The Bertz CT molecular complexity index is 521. The summed E-state index contributed by atoms with van der Waals surface area (Å²) < 4.78 is 5.77. The predicted octanol–water partition coefficient (Wildman–Crippen LogP) is 2.38. The molecular formula is C15H24ClN3O2. The van der Waals surface area contributed by atoms with Crippen LogP contribution in [0.5, 0.6) is 0 Å². The van der Waals surface area contributed by atoms with Crippen LogP contribution in [0.1, 0.15) is 62.8 Å². The zero-order valence-electron chi connectivity index (χ0n) is 12.7. The van der Waals surface area contributed by atoms with Crippen LogP contribution in [0.15, 0.2) is 4.42 Å². The Hall–Kier alpha value is -1.07. The molecule has 0 spiro atoms. The van der Waals surface area contributed by atoms with E-state index < -0.39 is 5.54 Å². The molecule has 0 atom stereocenters. The van der Waals surface area contributed by atoms with Crippen LogP contribution in [0.3, 0.4) is 0 Å². The van der Waals surface area contributed by atoms with E-state index in [9.17, 15) is 4.79 Å². The summed E-state index contributed by atoms with van der Waals surface area (Å²) in [5.41, 5.74) is 6.55. The van der Waals surface area contributed by atoms with Crippen molar-refractivity contribution < 1.29 is 9.21 Å². The second kappa shape index (κ2) is 5.97. The van der Waals surface area contributed by atoms with Crippen LogP contribution in [0.25, 0.3) is 0 Å². The largest absolute Gasteiger partial charge is 0.445 e. The van der Waals surface area contributed by atoms with Gasteiger partial charge in [0.2, 0.25) is 5.91 Å². The van der Waals surface area contributed by atoms with Crippen molar-refractivity contribution in [2.24, 2.45) is 5.73 Å². The third-order valence-electron chi connectivity index (χ3n) is 4.45. The number of hydrogen-bond donors (Lipinski definition) is 1. The molecule has 1 saturated carbocycles. The minimum Gasteiger partial charge on any atom is -0.445 e. The number of hydrogen-bond acceptors (Lipinski definition) is 4. The van der Waals surface area contributed by atoms with Gasteiger partial charge in [-0.25, -0.2) is 4.98 Å². The second-order valence-corrected chi connectivity index (χ2v) is 6.42. The third-order valence-corrected chi connectivity index (χ3v) is 4.45. The van der Waals surface area contributed by atoms with E-state index in [1.54, 1.807) is 0 Å². The molecule has 1 aromatic heterocycles. The number of fused-ring (bicyclic) bond motifs is 1. The smallest absolute Gasteiger partial charge is 0.243 e. The molecule has 2 N–H and O–H groups in total. The Morgan fingerprint density at radius 3 is 2.67 bits per heavy atom. The van der Waals surface area contributed by atoms with Crippen LogP contribution >= 0.6 is 12.4 Å². The summed E-state index contributed by atoms with van der Waals surface area (Å²) in [6.45, 7) is 5.36. The lowest BCUT2D eigenvalue weighted by Crippen LogP contribution is -2.54. The molecule has 1 aliphatic carbocycles. The number of aromatic nitrogens is 1. The second-order valence-electron chi connectivity index (χ2n) is 6.42. The Morgan fingerprint density at radius 1 is 1.38 bits per heavy atom. The highest BCUT2D eigenvalue weighted by atomic mass is 35.5. The van der Waals surface area contributed by atoms with Gasteiger partial charge in [-0.15, -0.1) is 12.4 Å². The first kappa shape index (κ1) is 16.3. The van der Waals surface area contributed by atoms with Crippen LogP contribution in [0, 0.1) is 0 Å². The summed E-state index contributed by atoms with van der Waals surface area (Å²) in [5.74, 6) is 2.08. The number of halogens is 1. The quantitative estimate of drug-likeness (QED) is 0.910. The maximum Gasteiger partial charge on any atom is 0.243 e. The molecule has 3 rings (SSSR count). The van der Waals surface area contributed by atoms with E-state index in [0.717, 1.165) is 49.4 Å². The Kier molecular flexibility index (Phi) is 4.63. The Balaban J connectivity index is 0.00000161. The third kappa shape index (κ3) is 2.94. The normalized spacial score (nSPS) is 20.3. The summed E-state index contributed by atoms with van der Waals surface area (Å²) in [6, 6.07) is 0. The van der Waals surface area contributed by atoms with E-state index in [4.69, 9.17) is 10.2 Å². The predicted molar refractivity (Wildman–Crippen MR) is 82.3 cm³/mol. The highest BCUT2D eigenvalue weighted by molar-refractivity contribution is 5.86. The number of rotatable bonds is 2. The van der Waals surface area contributed by atoms with E-state index >= 15 is 0 Å². The van der Waals surface area contributed by atoms with E-state index in [1.807, 2.05) is 4.90 Å². The summed E-state index contributed by atoms with van der Waals surface area (Å²) in [7, 11) is 0. The van der Waals surface area contributed by atoms with Gasteiger partial charge in [-0.05, 0) is 12.8 Å². The molecule has 1 aromatic rings. The van der Waals surface area contributed by atoms with Gasteiger partial charge in [0.1, 0.15) is 11.5 Å². The molecule has 21 heavy (non-hydrogen) atoms. The Morgan fingerprint density at radius 2 is 2.05 bits per heavy atom. The van der Waals surface area contributed by atoms with E-state index in [0.29, 0.717) is 13.1 Å². The number of carbonyl (C=O) groups is 1. The van der Waals surface area contributed by atoms with Crippen LogP contribution < -0.4 is 5.73 Å². The molecule has 0 radical (unpaired) electrons. The van der Waals surface area contributed by atoms with Gasteiger partial charge in [0.05, 0.1) is 12.1 Å². The number of nitrogens with two attached hydrogens (primary N) is 1. The molecule has 0 aromatic carbocycles. The van der Waals surface area contributed by atoms with Gasteiger partial charge in [0.15, 0.2) is 5.89 Å². The fraction of sp³-hybridized carbons (Fsp3) is 0.733. The van der Waals surface area contributed by atoms with Crippen LogP contribution in [-0.2, 0) is 17.8 Å². The summed E-state index contributed by atoms with van der Waals surface area (Å²) in [5, 5.41) is 0. The maximum atomic E-state index is 12.6. The first-order valence-electron chi connectivity index (χ1n) is 7.56. The minimum absolute atomic E-state index is 0. The average molecular weight is 314 g/mol. The van der Waals surface area contributed by atoms with Crippen molar-refractivity contribution in [1.29, 1.82) is 0 Å². The fourth-order valence-electron chi connectivity index (χ4n) is 3.17. The van der Waals surface area contributed by atoms with Gasteiger partial charge >= 0.3 is 0 Å². The van der Waals surface area contributed by atoms with E-state index in [2.05, 4.69) is 18.8 Å². The van der Waals surface area contributed by atoms with Gasteiger partial charge in [0, 0.05) is 18.9 Å². The standard InChI is InChI=1S/C15H23N3O2.ClH/c1-10(2)13-17-11-9-18(8-5-12(11)20-13)14(19)15(16)6-3-4-7-15;/h10H,3-9,16H2,1-2H3;1H. The van der Waals surface area contributed by atoms with Crippen LogP contribution in [0.4, 0.5) is 0 Å². The first-order valence-corrected chi connectivity index (χ1v) is 7.56. The molecule has 2 aliphatic rings. The fourth-order valence-corrected chi connectivity index (χ4v) is 3.17. The Labute approximate surface area is 131 Å². The molecule has 0 saturated heterocycles. The lowest BCUT2D eigenvalue weighted by Gasteiger charge is -2.33. The molecule has 0 unspecified atom stereocenters. The van der Waals surface area contributed by atoms with Crippen LogP contribution in [0.2, 0.25) is 0 Å². The van der Waals surface area contributed by atoms with Gasteiger partial charge in [-0.2, -0.15) is 0 Å². The van der Waals surface area contributed by atoms with Gasteiger partial charge < -0.3 is 15.1 Å². The molecule has 6 heteroatoms. The molecular weight excluding hydrogens is 290 g/mol. The van der Waals surface area contributed by atoms with Crippen molar-refractivity contribution in [3.63, 3.8) is 0 Å². The number of oxazole rings is 1. The summed E-state index contributed by atoms with van der Waals surface area (Å²) >= 11 is 0. The molecule has 2 heterocycles. The topological polar surface area (TPSA) is 72.4 Å². The molecule has 118 valence electrons. The first-order chi connectivity index (χ1) is 9.49. The average Bonchev–Trinajstić information content (AvgIpc) is 3.03. The van der Waals surface area contributed by atoms with E-state index in [-0.39, 0.29) is 24.2 Å². The van der Waals surface area contributed by atoms with E-state index in [1.165, 1.54) is 0 Å². The highest BCUT2D eigenvalue weighted by Gasteiger charge is 2.41. The molecule has 5 nitrogen and oxygen atoms in total. The SMILES string of the molecule is CC(C)c1nc2c(o1)CCN(C(=O)C1(N)CCCC1)C2.Cl. The minimum atomic E-state index is -0.637. The molecule has 0 bridgehead atoms.